The average Bonchev–Trinajstić information content (AvgIpc) is 3.16. The van der Waals surface area contributed by atoms with E-state index in [1.54, 1.807) is 12.4 Å². The molecule has 0 N–H and O–H groups in total. The molecule has 0 unspecified atom stereocenters. The maximum absolute atomic E-state index is 12.3. The Morgan fingerprint density at radius 1 is 1.11 bits per heavy atom. The van der Waals surface area contributed by atoms with Gasteiger partial charge in [-0.3, -0.25) is 4.98 Å². The third-order valence-corrected chi connectivity index (χ3v) is 7.34. The van der Waals surface area contributed by atoms with Crippen LogP contribution in [0.4, 0.5) is 0 Å². The number of carbonyl (C=O) groups is 1. The molecule has 0 bridgehead atoms. The Morgan fingerprint density at radius 3 is 2.30 bits per heavy atom. The minimum atomic E-state index is -0.721. The molecule has 2 heterocycles. The minimum Gasteiger partial charge on any atom is -0.481 e. The predicted molar refractivity (Wildman–Crippen MR) is 109 cm³/mol. The average molecular weight is 387 g/mol. The summed E-state index contributed by atoms with van der Waals surface area (Å²) in [4.78, 5) is 17.8. The van der Waals surface area contributed by atoms with Crippen molar-refractivity contribution >= 4 is 16.9 Å². The van der Waals surface area contributed by atoms with Gasteiger partial charge in [0, 0.05) is 23.3 Å². The van der Waals surface area contributed by atoms with Gasteiger partial charge in [-0.2, -0.15) is 0 Å². The van der Waals surface area contributed by atoms with Crippen molar-refractivity contribution in [3.05, 3.63) is 53.3 Å². The summed E-state index contributed by atoms with van der Waals surface area (Å²) in [6.07, 6.45) is 6.05. The highest BCUT2D eigenvalue weighted by Gasteiger charge is 2.29. The summed E-state index contributed by atoms with van der Waals surface area (Å²) in [6, 6.07) is 8.15. The SMILES string of the molecule is Cc1cc([S+]2CCCC2)cc(C)c1OCC(=O)OC(C)(C)c1ccncc1. The highest BCUT2D eigenvalue weighted by Crippen LogP contribution is 2.31. The molecule has 27 heavy (non-hydrogen) atoms. The van der Waals surface area contributed by atoms with E-state index in [0.29, 0.717) is 10.9 Å². The Labute approximate surface area is 164 Å². The second kappa shape index (κ2) is 8.34. The van der Waals surface area contributed by atoms with Crippen molar-refractivity contribution in [2.75, 3.05) is 18.1 Å². The van der Waals surface area contributed by atoms with E-state index in [4.69, 9.17) is 9.47 Å². The van der Waals surface area contributed by atoms with E-state index in [-0.39, 0.29) is 12.6 Å². The van der Waals surface area contributed by atoms with Crippen LogP contribution < -0.4 is 4.74 Å². The Morgan fingerprint density at radius 2 is 1.70 bits per heavy atom. The Bertz CT molecular complexity index is 775. The highest BCUT2D eigenvalue weighted by atomic mass is 32.2. The van der Waals surface area contributed by atoms with E-state index < -0.39 is 5.60 Å². The van der Waals surface area contributed by atoms with Crippen LogP contribution in [0.25, 0.3) is 0 Å². The Kier molecular flexibility index (Phi) is 6.10. The fraction of sp³-hybridized carbons (Fsp3) is 0.455. The molecule has 1 fully saturated rings. The predicted octanol–water partition coefficient (Wildman–Crippen LogP) is 4.33. The lowest BCUT2D eigenvalue weighted by atomic mass is 9.99. The van der Waals surface area contributed by atoms with E-state index >= 15 is 0 Å². The molecular weight excluding hydrogens is 358 g/mol. The largest absolute Gasteiger partial charge is 0.481 e. The number of esters is 1. The molecule has 0 amide bonds. The van der Waals surface area contributed by atoms with Crippen LogP contribution >= 0.6 is 0 Å². The van der Waals surface area contributed by atoms with Crippen LogP contribution in [0.3, 0.4) is 0 Å². The number of hydrogen-bond acceptors (Lipinski definition) is 4. The van der Waals surface area contributed by atoms with Crippen molar-refractivity contribution in [1.29, 1.82) is 0 Å². The van der Waals surface area contributed by atoms with Gasteiger partial charge in [0.05, 0.1) is 0 Å². The fourth-order valence-electron chi connectivity index (χ4n) is 3.45. The van der Waals surface area contributed by atoms with E-state index in [2.05, 4.69) is 31.0 Å². The third-order valence-electron chi connectivity index (χ3n) is 4.88. The van der Waals surface area contributed by atoms with E-state index in [1.807, 2.05) is 26.0 Å². The summed E-state index contributed by atoms with van der Waals surface area (Å²) in [5.74, 6) is 3.02. The first kappa shape index (κ1) is 19.7. The first-order chi connectivity index (χ1) is 12.9. The van der Waals surface area contributed by atoms with E-state index in [1.165, 1.54) is 29.2 Å². The molecule has 5 heteroatoms. The zero-order chi connectivity index (χ0) is 19.4. The molecular formula is C22H28NO3S+. The number of carbonyl (C=O) groups excluding carboxylic acids is 1. The van der Waals surface area contributed by atoms with Crippen molar-refractivity contribution in [2.24, 2.45) is 0 Å². The van der Waals surface area contributed by atoms with Crippen LogP contribution in [-0.2, 0) is 26.0 Å². The fourth-order valence-corrected chi connectivity index (χ4v) is 5.92. The monoisotopic (exact) mass is 386 g/mol. The minimum absolute atomic E-state index is 0.0960. The van der Waals surface area contributed by atoms with Crippen LogP contribution in [0.15, 0.2) is 41.6 Å². The zero-order valence-electron chi connectivity index (χ0n) is 16.6. The second-order valence-electron chi connectivity index (χ2n) is 7.50. The van der Waals surface area contributed by atoms with Gasteiger partial charge in [-0.25, -0.2) is 4.79 Å². The summed E-state index contributed by atoms with van der Waals surface area (Å²) < 4.78 is 11.5. The molecule has 0 aliphatic carbocycles. The van der Waals surface area contributed by atoms with Crippen molar-refractivity contribution in [3.8, 4) is 5.75 Å². The van der Waals surface area contributed by atoms with Gasteiger partial charge in [0.2, 0.25) is 0 Å². The molecule has 1 aromatic heterocycles. The number of pyridine rings is 1. The van der Waals surface area contributed by atoms with Gasteiger partial charge in [-0.05, 0) is 81.5 Å². The molecule has 1 aliphatic heterocycles. The van der Waals surface area contributed by atoms with Crippen LogP contribution in [0.1, 0.15) is 43.4 Å². The molecule has 0 saturated carbocycles. The molecule has 1 aromatic carbocycles. The Balaban J connectivity index is 1.63. The number of aryl methyl sites for hydroxylation is 2. The molecule has 1 saturated heterocycles. The van der Waals surface area contributed by atoms with Crippen LogP contribution in [0.2, 0.25) is 0 Å². The van der Waals surface area contributed by atoms with Crippen molar-refractivity contribution < 1.29 is 14.3 Å². The number of ether oxygens (including phenoxy) is 2. The number of aromatic nitrogens is 1. The summed E-state index contributed by atoms with van der Waals surface area (Å²) in [6.45, 7) is 7.75. The number of benzene rings is 1. The quantitative estimate of drug-likeness (QED) is 0.548. The summed E-state index contributed by atoms with van der Waals surface area (Å²) in [5, 5.41) is 0. The van der Waals surface area contributed by atoms with Gasteiger partial charge in [0.1, 0.15) is 22.9 Å². The lowest BCUT2D eigenvalue weighted by Crippen LogP contribution is -2.28. The Hall–Kier alpha value is -2.01. The lowest BCUT2D eigenvalue weighted by molar-refractivity contribution is -0.159. The van der Waals surface area contributed by atoms with Crippen LogP contribution in [0.5, 0.6) is 5.75 Å². The standard InChI is InChI=1S/C22H28NO3S/c1-16-13-19(27-11-5-6-12-27)14-17(2)21(16)25-15-20(24)26-22(3,4)18-7-9-23-10-8-18/h7-10,13-14H,5-6,11-12,15H2,1-4H3/q+1. The smallest absolute Gasteiger partial charge is 0.345 e. The van der Waals surface area contributed by atoms with Gasteiger partial charge >= 0.3 is 5.97 Å². The van der Waals surface area contributed by atoms with E-state index in [9.17, 15) is 4.79 Å². The molecule has 0 atom stereocenters. The van der Waals surface area contributed by atoms with Gasteiger partial charge in [0.25, 0.3) is 0 Å². The maximum atomic E-state index is 12.3. The van der Waals surface area contributed by atoms with Crippen molar-refractivity contribution in [1.82, 2.24) is 4.98 Å². The zero-order valence-corrected chi connectivity index (χ0v) is 17.4. The van der Waals surface area contributed by atoms with Gasteiger partial charge in [-0.1, -0.05) is 0 Å². The molecule has 0 radical (unpaired) electrons. The van der Waals surface area contributed by atoms with Crippen molar-refractivity contribution in [3.63, 3.8) is 0 Å². The number of rotatable bonds is 6. The van der Waals surface area contributed by atoms with Crippen molar-refractivity contribution in [2.45, 2.75) is 51.0 Å². The highest BCUT2D eigenvalue weighted by molar-refractivity contribution is 7.97. The first-order valence-corrected chi connectivity index (χ1v) is 11.0. The molecule has 0 spiro atoms. The van der Waals surface area contributed by atoms with Gasteiger partial charge < -0.3 is 9.47 Å². The third kappa shape index (κ3) is 4.83. The van der Waals surface area contributed by atoms with Gasteiger partial charge in [-0.15, -0.1) is 0 Å². The topological polar surface area (TPSA) is 48.4 Å². The molecule has 4 nitrogen and oxygen atoms in total. The summed E-state index contributed by atoms with van der Waals surface area (Å²) in [5.41, 5.74) is 2.36. The number of nitrogens with zero attached hydrogens (tertiary/aromatic N) is 1. The van der Waals surface area contributed by atoms with E-state index in [0.717, 1.165) is 22.4 Å². The second-order valence-corrected chi connectivity index (χ2v) is 9.78. The first-order valence-electron chi connectivity index (χ1n) is 9.41. The number of hydrogen-bond donors (Lipinski definition) is 0. The lowest BCUT2D eigenvalue weighted by Gasteiger charge is -2.25. The van der Waals surface area contributed by atoms with Gasteiger partial charge in [0.15, 0.2) is 11.5 Å². The normalized spacial score (nSPS) is 15.0. The molecule has 2 aromatic rings. The maximum Gasteiger partial charge on any atom is 0.345 e. The molecule has 1 aliphatic rings. The van der Waals surface area contributed by atoms with Crippen LogP contribution in [-0.4, -0.2) is 29.1 Å². The molecule has 3 rings (SSSR count). The van der Waals surface area contributed by atoms with Crippen LogP contribution in [0, 0.1) is 13.8 Å². The summed E-state index contributed by atoms with van der Waals surface area (Å²) >= 11 is 0. The molecule has 144 valence electrons. The summed E-state index contributed by atoms with van der Waals surface area (Å²) in [7, 11) is 0.381.